The number of nitrogens with one attached hydrogen (secondary N) is 1. The number of rotatable bonds is 5. The fourth-order valence-electron chi connectivity index (χ4n) is 0.499. The van der Waals surface area contributed by atoms with Gasteiger partial charge in [-0.25, -0.2) is 0 Å². The van der Waals surface area contributed by atoms with Crippen LogP contribution < -0.4 is 5.48 Å². The molecular weight excluding hydrogens is 205 g/mol. The normalized spacial score (nSPS) is 13.8. The minimum atomic E-state index is -3.67. The average Bonchev–Trinajstić information content (AvgIpc) is 1.84. The van der Waals surface area contributed by atoms with Crippen LogP contribution in [0.3, 0.4) is 0 Å². The van der Waals surface area contributed by atoms with Crippen molar-refractivity contribution in [3.05, 3.63) is 12.3 Å². The third-order valence-electron chi connectivity index (χ3n) is 0.855. The van der Waals surface area contributed by atoms with Gasteiger partial charge in [0.1, 0.15) is 5.75 Å². The Morgan fingerprint density at radius 2 is 2.15 bits per heavy atom. The number of aliphatic hydroxyl groups is 1. The molecule has 0 amide bonds. The molecule has 0 aliphatic rings. The summed E-state index contributed by atoms with van der Waals surface area (Å²) in [7, 11) is -3.67. The van der Waals surface area contributed by atoms with Gasteiger partial charge in [0.15, 0.2) is 0 Å². The van der Waals surface area contributed by atoms with Gasteiger partial charge in [0.25, 0.3) is 10.1 Å². The molecule has 0 saturated carbocycles. The number of aliphatic hydroxyl groups excluding tert-OH is 1. The van der Waals surface area contributed by atoms with Gasteiger partial charge in [-0.05, 0) is 13.8 Å². The summed E-state index contributed by atoms with van der Waals surface area (Å²) in [6.07, 6.45) is 1.99. The Bertz CT molecular complexity index is 237. The van der Waals surface area contributed by atoms with Crippen LogP contribution in [0.1, 0.15) is 13.8 Å². The van der Waals surface area contributed by atoms with Crippen molar-refractivity contribution >= 4 is 39.7 Å². The molecule has 0 bridgehead atoms. The van der Waals surface area contributed by atoms with Crippen LogP contribution in [0.15, 0.2) is 12.3 Å². The Morgan fingerprint density at radius 3 is 2.54 bits per heavy atom. The van der Waals surface area contributed by atoms with E-state index in [9.17, 15) is 8.42 Å². The fourth-order valence-corrected chi connectivity index (χ4v) is 1.36. The quantitative estimate of drug-likeness (QED) is 0.463. The van der Waals surface area contributed by atoms with Crippen molar-refractivity contribution < 1.29 is 17.8 Å². The van der Waals surface area contributed by atoms with Crippen LogP contribution in [-0.2, 0) is 14.4 Å². The second-order valence-corrected chi connectivity index (χ2v) is 3.89. The van der Waals surface area contributed by atoms with Crippen molar-refractivity contribution in [3.63, 3.8) is 0 Å². The van der Waals surface area contributed by atoms with E-state index in [0.717, 1.165) is 0 Å². The molecule has 1 unspecified atom stereocenters. The molecule has 0 aromatic rings. The van der Waals surface area contributed by atoms with Crippen LogP contribution in [-0.4, -0.2) is 54.9 Å². The molecule has 2 N–H and O–H groups in total. The molecule has 0 rings (SSSR count). The summed E-state index contributed by atoms with van der Waals surface area (Å²) >= 11 is 0. The van der Waals surface area contributed by atoms with Crippen LogP contribution >= 0.6 is 0 Å². The average molecular weight is 219 g/mol. The molecule has 0 radical (unpaired) electrons. The summed E-state index contributed by atoms with van der Waals surface area (Å²) in [5, 5.41) is 8.74. The Morgan fingerprint density at radius 1 is 1.62 bits per heavy atom. The number of hydrogen-bond donors (Lipinski definition) is 2. The summed E-state index contributed by atoms with van der Waals surface area (Å²) in [5.41, 5.74) is 2.10. The topological polar surface area (TPSA) is 75.6 Å². The van der Waals surface area contributed by atoms with E-state index in [1.807, 2.05) is 0 Å². The summed E-state index contributed by atoms with van der Waals surface area (Å²) < 4.78 is 25.9. The maximum absolute atomic E-state index is 10.8. The van der Waals surface area contributed by atoms with E-state index in [-0.39, 0.29) is 29.6 Å². The summed E-state index contributed by atoms with van der Waals surface area (Å²) in [4.78, 5) is 0. The van der Waals surface area contributed by atoms with E-state index in [1.54, 1.807) is 13.0 Å². The Hall–Kier alpha value is 0.410. The second kappa shape index (κ2) is 7.78. The van der Waals surface area contributed by atoms with Gasteiger partial charge in [-0.15, -0.1) is 0 Å². The first-order chi connectivity index (χ1) is 5.48. The van der Waals surface area contributed by atoms with Gasteiger partial charge in [0, 0.05) is 6.20 Å². The standard InChI is InChI=1S/C6H13NO4S.Na.H/c1-3-4-7-11-12(9,10)5-6(2)8;;/h3-4,6-8H,5H2,1-2H3;;. The molecule has 74 valence electrons. The first-order valence-corrected chi connectivity index (χ1v) is 5.01. The predicted molar refractivity (Wildman–Crippen MR) is 51.7 cm³/mol. The Balaban J connectivity index is 0. The first-order valence-electron chi connectivity index (χ1n) is 3.44. The summed E-state index contributed by atoms with van der Waals surface area (Å²) in [6.45, 7) is 3.08. The summed E-state index contributed by atoms with van der Waals surface area (Å²) in [5.74, 6) is -0.419. The van der Waals surface area contributed by atoms with E-state index < -0.39 is 22.0 Å². The molecule has 0 aromatic carbocycles. The Labute approximate surface area is 101 Å². The zero-order valence-corrected chi connectivity index (χ0v) is 7.84. The molecule has 5 nitrogen and oxygen atoms in total. The molecule has 7 heteroatoms. The monoisotopic (exact) mass is 219 g/mol. The van der Waals surface area contributed by atoms with E-state index in [1.165, 1.54) is 13.1 Å². The van der Waals surface area contributed by atoms with Gasteiger partial charge in [0.05, 0.1) is 6.10 Å². The molecule has 0 heterocycles. The van der Waals surface area contributed by atoms with Crippen molar-refractivity contribution in [1.29, 1.82) is 0 Å². The van der Waals surface area contributed by atoms with Gasteiger partial charge >= 0.3 is 29.6 Å². The third kappa shape index (κ3) is 10.3. The number of hydroxylamine groups is 1. The van der Waals surface area contributed by atoms with E-state index in [2.05, 4.69) is 9.76 Å². The fraction of sp³-hybridized carbons (Fsp3) is 0.667. The zero-order chi connectivity index (χ0) is 9.61. The van der Waals surface area contributed by atoms with Gasteiger partial charge in [-0.1, -0.05) is 6.08 Å². The second-order valence-electron chi connectivity index (χ2n) is 2.27. The third-order valence-corrected chi connectivity index (χ3v) is 2.10. The van der Waals surface area contributed by atoms with Crippen LogP contribution in [0.2, 0.25) is 0 Å². The van der Waals surface area contributed by atoms with Crippen molar-refractivity contribution in [2.75, 3.05) is 5.75 Å². The van der Waals surface area contributed by atoms with Crippen LogP contribution in [0, 0.1) is 0 Å². The first kappa shape index (κ1) is 15.9. The van der Waals surface area contributed by atoms with Gasteiger partial charge < -0.3 is 5.11 Å². The van der Waals surface area contributed by atoms with Crippen molar-refractivity contribution in [2.45, 2.75) is 20.0 Å². The molecule has 1 atom stereocenters. The van der Waals surface area contributed by atoms with Crippen molar-refractivity contribution in [1.82, 2.24) is 5.48 Å². The van der Waals surface area contributed by atoms with Gasteiger partial charge in [-0.2, -0.15) is 12.7 Å². The molecule has 0 fully saturated rings. The van der Waals surface area contributed by atoms with Crippen LogP contribution in [0.4, 0.5) is 0 Å². The Kier molecular flexibility index (Phi) is 9.49. The molecule has 0 saturated heterocycles. The SMILES string of the molecule is CC=CNOS(=O)(=O)CC(C)O.[NaH]. The van der Waals surface area contributed by atoms with Crippen LogP contribution in [0.25, 0.3) is 0 Å². The predicted octanol–water partition coefficient (Wildman–Crippen LogP) is -0.897. The molecule has 0 aromatic heterocycles. The number of hydrogen-bond acceptors (Lipinski definition) is 5. The molecule has 13 heavy (non-hydrogen) atoms. The van der Waals surface area contributed by atoms with Crippen molar-refractivity contribution in [2.24, 2.45) is 0 Å². The van der Waals surface area contributed by atoms with Gasteiger partial charge in [-0.3, -0.25) is 5.48 Å². The van der Waals surface area contributed by atoms with E-state index in [4.69, 9.17) is 5.11 Å². The van der Waals surface area contributed by atoms with Crippen LogP contribution in [0.5, 0.6) is 0 Å². The van der Waals surface area contributed by atoms with E-state index >= 15 is 0 Å². The molecule has 0 aliphatic carbocycles. The number of allylic oxidation sites excluding steroid dienone is 1. The van der Waals surface area contributed by atoms with Gasteiger partial charge in [0.2, 0.25) is 0 Å². The maximum atomic E-state index is 10.8. The molecule has 0 aliphatic heterocycles. The van der Waals surface area contributed by atoms with Crippen molar-refractivity contribution in [3.8, 4) is 0 Å². The van der Waals surface area contributed by atoms with E-state index in [0.29, 0.717) is 0 Å². The minimum absolute atomic E-state index is 0. The zero-order valence-electron chi connectivity index (χ0n) is 7.02. The summed E-state index contributed by atoms with van der Waals surface area (Å²) in [6, 6.07) is 0. The molecule has 0 spiro atoms. The molecular formula is C6H14NNaO4S.